The van der Waals surface area contributed by atoms with Crippen molar-refractivity contribution in [2.45, 2.75) is 0 Å². The van der Waals surface area contributed by atoms with E-state index in [4.69, 9.17) is 9.97 Å². The van der Waals surface area contributed by atoms with E-state index >= 15 is 0 Å². The van der Waals surface area contributed by atoms with Crippen LogP contribution in [0.1, 0.15) is 0 Å². The van der Waals surface area contributed by atoms with Gasteiger partial charge >= 0.3 is 0 Å². The summed E-state index contributed by atoms with van der Waals surface area (Å²) >= 11 is 0. The lowest BCUT2D eigenvalue weighted by Crippen LogP contribution is -2.00. The highest BCUT2D eigenvalue weighted by molar-refractivity contribution is 6.24. The predicted octanol–water partition coefficient (Wildman–Crippen LogP) is 13.4. The Hall–Kier alpha value is -7.56. The average Bonchev–Trinajstić information content (AvgIpc) is 3.78. The van der Waals surface area contributed by atoms with E-state index in [9.17, 15) is 0 Å². The van der Waals surface area contributed by atoms with Crippen LogP contribution in [0.4, 0.5) is 0 Å². The molecule has 0 fully saturated rings. The zero-order chi connectivity index (χ0) is 37.0. The number of aromatic nitrogens is 4. The molecule has 0 radical (unpaired) electrons. The van der Waals surface area contributed by atoms with Crippen molar-refractivity contribution in [3.63, 3.8) is 0 Å². The quantitative estimate of drug-likeness (QED) is 0.182. The van der Waals surface area contributed by atoms with Crippen molar-refractivity contribution in [3.8, 4) is 34.0 Å². The van der Waals surface area contributed by atoms with E-state index in [2.05, 4.69) is 185 Å². The van der Waals surface area contributed by atoms with E-state index in [0.717, 1.165) is 49.7 Å². The Balaban J connectivity index is 1.18. The molecule has 0 bridgehead atoms. The summed E-state index contributed by atoms with van der Waals surface area (Å²) in [4.78, 5) is 10.4. The van der Waals surface area contributed by atoms with Crippen LogP contribution in [-0.4, -0.2) is 19.1 Å². The standard InChI is InChI=1S/C52H34N4/c1-2-15-32-53-52(54-46(27-6-1)40-26-16-18-35-17-7-8-21-38(35)40)56-47-28-13-11-23-41(47)45-33-36(30-31-49(45)56)44-34-50-51(42-24-10-9-22-39(42)44)43-25-12-14-29-48(43)55(50)37-19-4-3-5-20-37/h1-34H. The van der Waals surface area contributed by atoms with E-state index in [-0.39, 0.29) is 0 Å². The van der Waals surface area contributed by atoms with Crippen molar-refractivity contribution in [1.29, 1.82) is 0 Å². The van der Waals surface area contributed by atoms with Crippen LogP contribution in [0.3, 0.4) is 0 Å². The summed E-state index contributed by atoms with van der Waals surface area (Å²) in [7, 11) is 0. The SMILES string of the molecule is c1cccc(-c2cccc3ccccc23)nc(-n2c3ccccc3c3cc(-c4cc5c(c6ccccc46)c4ccccc4n5-c4ccccc4)ccc32)ncc1. The van der Waals surface area contributed by atoms with E-state index in [0.29, 0.717) is 5.95 Å². The van der Waals surface area contributed by atoms with Gasteiger partial charge in [-0.15, -0.1) is 0 Å². The van der Waals surface area contributed by atoms with Crippen molar-refractivity contribution >= 4 is 65.2 Å². The van der Waals surface area contributed by atoms with Gasteiger partial charge in [-0.3, -0.25) is 4.57 Å². The molecule has 0 saturated carbocycles. The molecule has 11 rings (SSSR count). The molecule has 262 valence electrons. The second-order valence-electron chi connectivity index (χ2n) is 14.2. The minimum absolute atomic E-state index is 0.599. The van der Waals surface area contributed by atoms with Crippen molar-refractivity contribution < 1.29 is 0 Å². The monoisotopic (exact) mass is 714 g/mol. The first-order valence-electron chi connectivity index (χ1n) is 19.0. The summed E-state index contributed by atoms with van der Waals surface area (Å²) in [5.74, 6) is 0.599. The Morgan fingerprint density at radius 2 is 0.982 bits per heavy atom. The zero-order valence-electron chi connectivity index (χ0n) is 30.4. The lowest BCUT2D eigenvalue weighted by atomic mass is 9.94. The van der Waals surface area contributed by atoms with Crippen LogP contribution in [-0.2, 0) is 0 Å². The molecule has 0 spiro atoms. The lowest BCUT2D eigenvalue weighted by molar-refractivity contribution is 1.01. The highest BCUT2D eigenvalue weighted by Crippen LogP contribution is 2.43. The van der Waals surface area contributed by atoms with Gasteiger partial charge in [0.1, 0.15) is 0 Å². The Bertz CT molecular complexity index is 3370. The molecular weight excluding hydrogens is 681 g/mol. The van der Waals surface area contributed by atoms with Crippen molar-refractivity contribution in [3.05, 3.63) is 206 Å². The first kappa shape index (κ1) is 31.9. The maximum atomic E-state index is 5.37. The van der Waals surface area contributed by atoms with Crippen LogP contribution in [0.25, 0.3) is 99.2 Å². The highest BCUT2D eigenvalue weighted by atomic mass is 15.1. The van der Waals surface area contributed by atoms with Crippen molar-refractivity contribution in [2.75, 3.05) is 0 Å². The smallest absolute Gasteiger partial charge is 0.235 e. The fraction of sp³-hybridized carbons (Fsp3) is 0. The Kier molecular flexibility index (Phi) is 7.46. The number of para-hydroxylation sites is 3. The van der Waals surface area contributed by atoms with E-state index in [1.54, 1.807) is 0 Å². The molecule has 0 aliphatic heterocycles. The summed E-state index contributed by atoms with van der Waals surface area (Å²) in [5, 5.41) is 9.61. The summed E-state index contributed by atoms with van der Waals surface area (Å²) in [6, 6.07) is 71.1. The molecule has 0 aliphatic carbocycles. The molecule has 56 heavy (non-hydrogen) atoms. The molecule has 0 amide bonds. The van der Waals surface area contributed by atoms with Gasteiger partial charge in [0, 0.05) is 39.0 Å². The minimum atomic E-state index is 0.599. The Morgan fingerprint density at radius 3 is 1.84 bits per heavy atom. The Labute approximate surface area is 323 Å². The Morgan fingerprint density at radius 1 is 0.357 bits per heavy atom. The second-order valence-corrected chi connectivity index (χ2v) is 14.2. The highest BCUT2D eigenvalue weighted by Gasteiger charge is 2.20. The molecule has 8 aromatic carbocycles. The van der Waals surface area contributed by atoms with E-state index in [1.165, 1.54) is 43.5 Å². The molecule has 0 aliphatic rings. The molecule has 0 unspecified atom stereocenters. The zero-order valence-corrected chi connectivity index (χ0v) is 30.4. The van der Waals surface area contributed by atoms with Gasteiger partial charge < -0.3 is 4.57 Å². The van der Waals surface area contributed by atoms with E-state index < -0.39 is 0 Å². The van der Waals surface area contributed by atoms with Crippen LogP contribution in [0.5, 0.6) is 0 Å². The van der Waals surface area contributed by atoms with Crippen LogP contribution in [0.15, 0.2) is 206 Å². The third-order valence-electron chi connectivity index (χ3n) is 11.0. The molecule has 4 heteroatoms. The number of benzene rings is 8. The van der Waals surface area contributed by atoms with Gasteiger partial charge in [0.15, 0.2) is 0 Å². The molecule has 4 nitrogen and oxygen atoms in total. The fourth-order valence-electron chi connectivity index (χ4n) is 8.59. The van der Waals surface area contributed by atoms with Gasteiger partial charge in [0.05, 0.1) is 27.8 Å². The minimum Gasteiger partial charge on any atom is -0.309 e. The molecular formula is C52H34N4. The third kappa shape index (κ3) is 5.08. The predicted molar refractivity (Wildman–Crippen MR) is 234 cm³/mol. The normalized spacial score (nSPS) is 11.6. The molecule has 0 N–H and O–H groups in total. The third-order valence-corrected chi connectivity index (χ3v) is 11.0. The first-order valence-corrected chi connectivity index (χ1v) is 19.0. The van der Waals surface area contributed by atoms with Gasteiger partial charge in [-0.1, -0.05) is 146 Å². The van der Waals surface area contributed by atoms with Crippen molar-refractivity contribution in [2.24, 2.45) is 0 Å². The fourth-order valence-corrected chi connectivity index (χ4v) is 8.59. The molecule has 3 heterocycles. The van der Waals surface area contributed by atoms with Crippen molar-refractivity contribution in [1.82, 2.24) is 19.1 Å². The molecule has 3 aromatic heterocycles. The van der Waals surface area contributed by atoms with E-state index in [1.807, 2.05) is 30.5 Å². The van der Waals surface area contributed by atoms with Gasteiger partial charge in [0.2, 0.25) is 5.95 Å². The lowest BCUT2D eigenvalue weighted by Gasteiger charge is -2.13. The van der Waals surface area contributed by atoms with Gasteiger partial charge in [0.25, 0.3) is 0 Å². The van der Waals surface area contributed by atoms with Crippen LogP contribution < -0.4 is 0 Å². The molecule has 0 saturated heterocycles. The molecule has 0 atom stereocenters. The number of hydrogen-bond acceptors (Lipinski definition) is 2. The summed E-state index contributed by atoms with van der Waals surface area (Å²) in [6.45, 7) is 0. The first-order chi connectivity index (χ1) is 27.8. The number of fused-ring (bicyclic) bond motifs is 9. The number of rotatable bonds is 4. The van der Waals surface area contributed by atoms with Crippen LogP contribution in [0, 0.1) is 0 Å². The largest absolute Gasteiger partial charge is 0.309 e. The number of nitrogens with zero attached hydrogens (tertiary/aromatic N) is 4. The van der Waals surface area contributed by atoms with Gasteiger partial charge in [-0.05, 0) is 87.3 Å². The van der Waals surface area contributed by atoms with Gasteiger partial charge in [-0.25, -0.2) is 9.97 Å². The van der Waals surface area contributed by atoms with Crippen LogP contribution >= 0.6 is 0 Å². The number of hydrogen-bond donors (Lipinski definition) is 0. The summed E-state index contributed by atoms with van der Waals surface area (Å²) < 4.78 is 4.61. The summed E-state index contributed by atoms with van der Waals surface area (Å²) in [5.41, 5.74) is 9.88. The summed E-state index contributed by atoms with van der Waals surface area (Å²) in [6.07, 6.45) is 1.83. The molecule has 11 aromatic rings. The maximum Gasteiger partial charge on any atom is 0.235 e. The average molecular weight is 715 g/mol. The topological polar surface area (TPSA) is 35.6 Å². The second kappa shape index (κ2) is 13.1. The maximum absolute atomic E-state index is 5.37. The van der Waals surface area contributed by atoms with Crippen LogP contribution in [0.2, 0.25) is 0 Å². The van der Waals surface area contributed by atoms with Gasteiger partial charge in [-0.2, -0.15) is 0 Å².